The van der Waals surface area contributed by atoms with Gasteiger partial charge in [0.05, 0.1) is 0 Å². The molecule has 1 N–H and O–H groups in total. The molecule has 0 spiro atoms. The molecule has 0 aromatic heterocycles. The van der Waals surface area contributed by atoms with Crippen molar-refractivity contribution in [2.75, 3.05) is 6.54 Å². The lowest BCUT2D eigenvalue weighted by atomic mass is 9.97. The van der Waals surface area contributed by atoms with Crippen LogP contribution in [0.5, 0.6) is 0 Å². The molecular formula is C14H31N. The zero-order valence-electron chi connectivity index (χ0n) is 11.6. The average molecular weight is 213 g/mol. The van der Waals surface area contributed by atoms with E-state index in [4.69, 9.17) is 0 Å². The first-order valence-corrected chi connectivity index (χ1v) is 6.69. The largest absolute Gasteiger partial charge is 0.314 e. The topological polar surface area (TPSA) is 12.0 Å². The highest BCUT2D eigenvalue weighted by molar-refractivity contribution is 4.67. The van der Waals surface area contributed by atoms with Gasteiger partial charge in [0.15, 0.2) is 0 Å². The van der Waals surface area contributed by atoms with E-state index in [2.05, 4.69) is 46.9 Å². The van der Waals surface area contributed by atoms with Crippen molar-refractivity contribution in [2.24, 2.45) is 17.8 Å². The second kappa shape index (κ2) is 8.15. The van der Waals surface area contributed by atoms with Crippen LogP contribution in [0.15, 0.2) is 0 Å². The van der Waals surface area contributed by atoms with E-state index in [0.717, 1.165) is 17.8 Å². The maximum atomic E-state index is 3.65. The van der Waals surface area contributed by atoms with E-state index in [1.165, 1.54) is 25.8 Å². The van der Waals surface area contributed by atoms with Gasteiger partial charge < -0.3 is 5.32 Å². The maximum Gasteiger partial charge on any atom is 0.00413 e. The number of rotatable bonds is 8. The third-order valence-corrected chi connectivity index (χ3v) is 3.14. The normalized spacial score (nSPS) is 17.8. The summed E-state index contributed by atoms with van der Waals surface area (Å²) in [5.41, 5.74) is 0. The van der Waals surface area contributed by atoms with E-state index in [1.807, 2.05) is 0 Å². The standard InChI is InChI=1S/C14H31N/c1-7-12(4)9-14(6)15-10-13(5)8-11(2)3/h11-15H,7-10H2,1-6H3. The summed E-state index contributed by atoms with van der Waals surface area (Å²) in [7, 11) is 0. The molecule has 0 rings (SSSR count). The molecule has 0 bridgehead atoms. The van der Waals surface area contributed by atoms with Gasteiger partial charge in [-0.15, -0.1) is 0 Å². The van der Waals surface area contributed by atoms with Gasteiger partial charge in [-0.05, 0) is 44.1 Å². The lowest BCUT2D eigenvalue weighted by Gasteiger charge is -2.21. The summed E-state index contributed by atoms with van der Waals surface area (Å²) < 4.78 is 0. The summed E-state index contributed by atoms with van der Waals surface area (Å²) >= 11 is 0. The molecule has 1 heteroatoms. The fourth-order valence-corrected chi connectivity index (χ4v) is 2.14. The fourth-order valence-electron chi connectivity index (χ4n) is 2.14. The first-order chi connectivity index (χ1) is 6.95. The molecular weight excluding hydrogens is 182 g/mol. The van der Waals surface area contributed by atoms with Gasteiger partial charge in [0.2, 0.25) is 0 Å². The highest BCUT2D eigenvalue weighted by Gasteiger charge is 2.09. The van der Waals surface area contributed by atoms with Crippen molar-refractivity contribution in [3.8, 4) is 0 Å². The first kappa shape index (κ1) is 15.0. The predicted molar refractivity (Wildman–Crippen MR) is 70.2 cm³/mol. The van der Waals surface area contributed by atoms with E-state index in [-0.39, 0.29) is 0 Å². The lowest BCUT2D eigenvalue weighted by molar-refractivity contribution is 0.360. The van der Waals surface area contributed by atoms with Crippen molar-refractivity contribution >= 4 is 0 Å². The summed E-state index contributed by atoms with van der Waals surface area (Å²) in [5.74, 6) is 2.49. The number of hydrogen-bond acceptors (Lipinski definition) is 1. The van der Waals surface area contributed by atoms with Crippen LogP contribution in [0, 0.1) is 17.8 Å². The molecule has 0 aromatic rings. The number of nitrogens with one attached hydrogen (secondary N) is 1. The van der Waals surface area contributed by atoms with Crippen molar-refractivity contribution < 1.29 is 0 Å². The highest BCUT2D eigenvalue weighted by atomic mass is 14.9. The Morgan fingerprint density at radius 3 is 1.93 bits per heavy atom. The molecule has 0 amide bonds. The molecule has 3 unspecified atom stereocenters. The van der Waals surface area contributed by atoms with E-state index < -0.39 is 0 Å². The number of hydrogen-bond donors (Lipinski definition) is 1. The van der Waals surface area contributed by atoms with E-state index in [9.17, 15) is 0 Å². The van der Waals surface area contributed by atoms with Gasteiger partial charge in [-0.3, -0.25) is 0 Å². The fraction of sp³-hybridized carbons (Fsp3) is 1.00. The van der Waals surface area contributed by atoms with Crippen molar-refractivity contribution in [3.05, 3.63) is 0 Å². The van der Waals surface area contributed by atoms with Crippen LogP contribution in [0.3, 0.4) is 0 Å². The first-order valence-electron chi connectivity index (χ1n) is 6.69. The minimum Gasteiger partial charge on any atom is -0.314 e. The Balaban J connectivity index is 3.56. The summed E-state index contributed by atoms with van der Waals surface area (Å²) in [5, 5.41) is 3.65. The Kier molecular flexibility index (Phi) is 8.13. The summed E-state index contributed by atoms with van der Waals surface area (Å²) in [6.07, 6.45) is 3.95. The van der Waals surface area contributed by atoms with Crippen LogP contribution in [-0.2, 0) is 0 Å². The Bertz CT molecular complexity index is 142. The van der Waals surface area contributed by atoms with Crippen molar-refractivity contribution in [1.29, 1.82) is 0 Å². The minimum absolute atomic E-state index is 0.676. The van der Waals surface area contributed by atoms with Gasteiger partial charge in [-0.2, -0.15) is 0 Å². The van der Waals surface area contributed by atoms with E-state index in [0.29, 0.717) is 6.04 Å². The maximum absolute atomic E-state index is 3.65. The quantitative estimate of drug-likeness (QED) is 0.640. The zero-order valence-corrected chi connectivity index (χ0v) is 11.6. The molecule has 15 heavy (non-hydrogen) atoms. The van der Waals surface area contributed by atoms with Crippen LogP contribution < -0.4 is 5.32 Å². The second-order valence-corrected chi connectivity index (χ2v) is 5.79. The van der Waals surface area contributed by atoms with Crippen LogP contribution in [0.1, 0.15) is 60.8 Å². The van der Waals surface area contributed by atoms with Gasteiger partial charge >= 0.3 is 0 Å². The average Bonchev–Trinajstić information content (AvgIpc) is 2.13. The SMILES string of the molecule is CCC(C)CC(C)NCC(C)CC(C)C. The molecule has 0 fully saturated rings. The lowest BCUT2D eigenvalue weighted by Crippen LogP contribution is -2.32. The van der Waals surface area contributed by atoms with Crippen LogP contribution in [0.25, 0.3) is 0 Å². The molecule has 0 aliphatic heterocycles. The smallest absolute Gasteiger partial charge is 0.00413 e. The van der Waals surface area contributed by atoms with Crippen molar-refractivity contribution in [2.45, 2.75) is 66.8 Å². The highest BCUT2D eigenvalue weighted by Crippen LogP contribution is 2.12. The molecule has 0 saturated heterocycles. The van der Waals surface area contributed by atoms with Gasteiger partial charge in [0.25, 0.3) is 0 Å². The predicted octanol–water partition coefficient (Wildman–Crippen LogP) is 4.08. The Morgan fingerprint density at radius 1 is 0.867 bits per heavy atom. The molecule has 92 valence electrons. The van der Waals surface area contributed by atoms with Crippen LogP contribution >= 0.6 is 0 Å². The third-order valence-electron chi connectivity index (χ3n) is 3.14. The molecule has 3 atom stereocenters. The van der Waals surface area contributed by atoms with Crippen LogP contribution in [-0.4, -0.2) is 12.6 Å². The van der Waals surface area contributed by atoms with Gasteiger partial charge in [-0.25, -0.2) is 0 Å². The van der Waals surface area contributed by atoms with E-state index in [1.54, 1.807) is 0 Å². The minimum atomic E-state index is 0.676. The Hall–Kier alpha value is -0.0400. The Morgan fingerprint density at radius 2 is 1.47 bits per heavy atom. The molecule has 0 aliphatic rings. The zero-order chi connectivity index (χ0) is 11.8. The van der Waals surface area contributed by atoms with Crippen molar-refractivity contribution in [3.63, 3.8) is 0 Å². The summed E-state index contributed by atoms with van der Waals surface area (Å²) in [6, 6.07) is 0.676. The molecule has 0 heterocycles. The summed E-state index contributed by atoms with van der Waals surface area (Å²) in [6.45, 7) is 15.1. The van der Waals surface area contributed by atoms with Gasteiger partial charge in [0.1, 0.15) is 0 Å². The third kappa shape index (κ3) is 8.92. The van der Waals surface area contributed by atoms with Crippen LogP contribution in [0.4, 0.5) is 0 Å². The molecule has 1 nitrogen and oxygen atoms in total. The molecule has 0 aliphatic carbocycles. The van der Waals surface area contributed by atoms with Crippen LogP contribution in [0.2, 0.25) is 0 Å². The monoisotopic (exact) mass is 213 g/mol. The summed E-state index contributed by atoms with van der Waals surface area (Å²) in [4.78, 5) is 0. The molecule has 0 radical (unpaired) electrons. The molecule has 0 saturated carbocycles. The molecule has 0 aromatic carbocycles. The van der Waals surface area contributed by atoms with Gasteiger partial charge in [-0.1, -0.05) is 41.0 Å². The van der Waals surface area contributed by atoms with E-state index >= 15 is 0 Å². The second-order valence-electron chi connectivity index (χ2n) is 5.79. The Labute approximate surface area is 97.0 Å². The van der Waals surface area contributed by atoms with Gasteiger partial charge in [0, 0.05) is 6.04 Å². The van der Waals surface area contributed by atoms with Crippen molar-refractivity contribution in [1.82, 2.24) is 5.32 Å².